The van der Waals surface area contributed by atoms with Crippen LogP contribution in [0.3, 0.4) is 0 Å². The summed E-state index contributed by atoms with van der Waals surface area (Å²) in [6.07, 6.45) is 6.72. The lowest BCUT2D eigenvalue weighted by atomic mass is 10.1. The van der Waals surface area contributed by atoms with Crippen molar-refractivity contribution >= 4 is 15.9 Å². The zero-order valence-electron chi connectivity index (χ0n) is 9.55. The molecule has 0 aromatic carbocycles. The second kappa shape index (κ2) is 5.13. The average molecular weight is 285 g/mol. The zero-order chi connectivity index (χ0) is 11.5. The Kier molecular flexibility index (Phi) is 3.79. The maximum atomic E-state index is 11.7. The number of nitrogens with zero attached hydrogens (tertiary/aromatic N) is 1. The second-order valence-electron chi connectivity index (χ2n) is 4.44. The Balaban J connectivity index is 2.35. The van der Waals surface area contributed by atoms with Gasteiger partial charge in [-0.2, -0.15) is 0 Å². The van der Waals surface area contributed by atoms with E-state index < -0.39 is 0 Å². The lowest BCUT2D eigenvalue weighted by molar-refractivity contribution is 0.651. The van der Waals surface area contributed by atoms with Crippen LogP contribution in [0.4, 0.5) is 0 Å². The third-order valence-corrected chi connectivity index (χ3v) is 4.00. The van der Waals surface area contributed by atoms with E-state index in [0.717, 1.165) is 37.2 Å². The van der Waals surface area contributed by atoms with Gasteiger partial charge in [0.15, 0.2) is 0 Å². The van der Waals surface area contributed by atoms with Gasteiger partial charge in [0.25, 0.3) is 5.56 Å². The molecule has 0 saturated heterocycles. The normalized spacial score (nSPS) is 16.9. The Bertz CT molecular complexity index is 422. The predicted molar refractivity (Wildman–Crippen MR) is 67.8 cm³/mol. The van der Waals surface area contributed by atoms with Crippen molar-refractivity contribution in [2.75, 3.05) is 0 Å². The summed E-state index contributed by atoms with van der Waals surface area (Å²) >= 11 is 3.32. The second-order valence-corrected chi connectivity index (χ2v) is 5.24. The van der Waals surface area contributed by atoms with E-state index >= 15 is 0 Å². The van der Waals surface area contributed by atoms with E-state index in [1.54, 1.807) is 0 Å². The molecule has 1 aromatic heterocycles. The van der Waals surface area contributed by atoms with Gasteiger partial charge in [-0.05, 0) is 35.2 Å². The van der Waals surface area contributed by atoms with E-state index in [4.69, 9.17) is 0 Å². The van der Waals surface area contributed by atoms with Crippen LogP contribution in [0, 0.1) is 0 Å². The van der Waals surface area contributed by atoms with E-state index in [2.05, 4.69) is 32.8 Å². The molecule has 1 aliphatic rings. The Labute approximate surface area is 104 Å². The SMILES string of the molecule is CCCc1nc(C2CCCC2)[nH]c(=O)c1Br. The van der Waals surface area contributed by atoms with Crippen LogP contribution < -0.4 is 5.56 Å². The topological polar surface area (TPSA) is 45.8 Å². The Hall–Kier alpha value is -0.640. The fourth-order valence-electron chi connectivity index (χ4n) is 2.32. The third kappa shape index (κ3) is 2.37. The monoisotopic (exact) mass is 284 g/mol. The van der Waals surface area contributed by atoms with Crippen LogP contribution in [0.5, 0.6) is 0 Å². The molecule has 1 heterocycles. The summed E-state index contributed by atoms with van der Waals surface area (Å²) in [6, 6.07) is 0. The predicted octanol–water partition coefficient (Wildman–Crippen LogP) is 3.14. The van der Waals surface area contributed by atoms with Crippen molar-refractivity contribution in [3.05, 3.63) is 26.3 Å². The number of rotatable bonds is 3. The number of aromatic amines is 1. The Morgan fingerprint density at radius 3 is 2.75 bits per heavy atom. The van der Waals surface area contributed by atoms with Crippen molar-refractivity contribution in [3.63, 3.8) is 0 Å². The average Bonchev–Trinajstić information content (AvgIpc) is 2.78. The quantitative estimate of drug-likeness (QED) is 0.927. The van der Waals surface area contributed by atoms with Crippen LogP contribution >= 0.6 is 15.9 Å². The lowest BCUT2D eigenvalue weighted by Gasteiger charge is -2.10. The highest BCUT2D eigenvalue weighted by atomic mass is 79.9. The smallest absolute Gasteiger partial charge is 0.265 e. The molecular formula is C12H17BrN2O. The summed E-state index contributed by atoms with van der Waals surface area (Å²) in [5.41, 5.74) is 0.883. The van der Waals surface area contributed by atoms with Crippen LogP contribution in [0.15, 0.2) is 9.27 Å². The van der Waals surface area contributed by atoms with Crippen molar-refractivity contribution in [2.45, 2.75) is 51.4 Å². The summed E-state index contributed by atoms with van der Waals surface area (Å²) in [6.45, 7) is 2.10. The van der Waals surface area contributed by atoms with Crippen LogP contribution in [0.1, 0.15) is 56.5 Å². The molecule has 0 radical (unpaired) electrons. The van der Waals surface area contributed by atoms with Gasteiger partial charge in [-0.15, -0.1) is 0 Å². The molecule has 1 N–H and O–H groups in total. The summed E-state index contributed by atoms with van der Waals surface area (Å²) in [4.78, 5) is 19.3. The van der Waals surface area contributed by atoms with Gasteiger partial charge in [0.2, 0.25) is 0 Å². The number of hydrogen-bond donors (Lipinski definition) is 1. The summed E-state index contributed by atoms with van der Waals surface area (Å²) in [5.74, 6) is 1.37. The molecule has 0 bridgehead atoms. The summed E-state index contributed by atoms with van der Waals surface area (Å²) in [7, 11) is 0. The molecule has 3 nitrogen and oxygen atoms in total. The Morgan fingerprint density at radius 1 is 1.44 bits per heavy atom. The molecule has 1 saturated carbocycles. The molecule has 0 amide bonds. The van der Waals surface area contributed by atoms with Gasteiger partial charge in [0, 0.05) is 5.92 Å². The Morgan fingerprint density at radius 2 is 2.12 bits per heavy atom. The van der Waals surface area contributed by atoms with Crippen LogP contribution in [-0.2, 0) is 6.42 Å². The van der Waals surface area contributed by atoms with Crippen molar-refractivity contribution in [3.8, 4) is 0 Å². The number of halogens is 1. The van der Waals surface area contributed by atoms with E-state index in [-0.39, 0.29) is 5.56 Å². The van der Waals surface area contributed by atoms with Crippen molar-refractivity contribution < 1.29 is 0 Å². The molecular weight excluding hydrogens is 268 g/mol. The largest absolute Gasteiger partial charge is 0.309 e. The molecule has 0 unspecified atom stereocenters. The van der Waals surface area contributed by atoms with Crippen molar-refractivity contribution in [1.29, 1.82) is 0 Å². The van der Waals surface area contributed by atoms with Gasteiger partial charge in [-0.3, -0.25) is 4.79 Å². The molecule has 2 rings (SSSR count). The van der Waals surface area contributed by atoms with Crippen LogP contribution in [0.25, 0.3) is 0 Å². The number of H-pyrrole nitrogens is 1. The van der Waals surface area contributed by atoms with E-state index in [0.29, 0.717) is 10.4 Å². The fourth-order valence-corrected chi connectivity index (χ4v) is 2.71. The van der Waals surface area contributed by atoms with E-state index in [9.17, 15) is 4.79 Å². The van der Waals surface area contributed by atoms with E-state index in [1.165, 1.54) is 12.8 Å². The molecule has 16 heavy (non-hydrogen) atoms. The number of aromatic nitrogens is 2. The summed E-state index contributed by atoms with van der Waals surface area (Å²) < 4.78 is 0.607. The van der Waals surface area contributed by atoms with Gasteiger partial charge < -0.3 is 4.98 Å². The number of nitrogens with one attached hydrogen (secondary N) is 1. The number of aryl methyl sites for hydroxylation is 1. The molecule has 0 spiro atoms. The molecule has 1 fully saturated rings. The van der Waals surface area contributed by atoms with Gasteiger partial charge in [0.1, 0.15) is 10.3 Å². The molecule has 4 heteroatoms. The standard InChI is InChI=1S/C12H17BrN2O/c1-2-5-9-10(13)12(16)15-11(14-9)8-6-3-4-7-8/h8H,2-7H2,1H3,(H,14,15,16). The van der Waals surface area contributed by atoms with Crippen LogP contribution in [-0.4, -0.2) is 9.97 Å². The molecule has 0 atom stereocenters. The first kappa shape index (κ1) is 11.8. The molecule has 1 aromatic rings. The maximum Gasteiger partial charge on any atom is 0.265 e. The first-order chi connectivity index (χ1) is 7.72. The fraction of sp³-hybridized carbons (Fsp3) is 0.667. The molecule has 0 aliphatic heterocycles. The van der Waals surface area contributed by atoms with Crippen molar-refractivity contribution in [2.24, 2.45) is 0 Å². The molecule has 1 aliphatic carbocycles. The highest BCUT2D eigenvalue weighted by Crippen LogP contribution is 2.32. The lowest BCUT2D eigenvalue weighted by Crippen LogP contribution is -2.17. The molecule has 88 valence electrons. The van der Waals surface area contributed by atoms with Gasteiger partial charge in [-0.25, -0.2) is 4.98 Å². The summed E-state index contributed by atoms with van der Waals surface area (Å²) in [5, 5.41) is 0. The minimum Gasteiger partial charge on any atom is -0.309 e. The zero-order valence-corrected chi connectivity index (χ0v) is 11.1. The van der Waals surface area contributed by atoms with E-state index in [1.807, 2.05) is 0 Å². The number of hydrogen-bond acceptors (Lipinski definition) is 2. The minimum absolute atomic E-state index is 0.0275. The van der Waals surface area contributed by atoms with Gasteiger partial charge >= 0.3 is 0 Å². The van der Waals surface area contributed by atoms with Gasteiger partial charge in [0.05, 0.1) is 5.69 Å². The first-order valence-electron chi connectivity index (χ1n) is 6.01. The minimum atomic E-state index is -0.0275. The highest BCUT2D eigenvalue weighted by molar-refractivity contribution is 9.10. The van der Waals surface area contributed by atoms with Crippen LogP contribution in [0.2, 0.25) is 0 Å². The van der Waals surface area contributed by atoms with Gasteiger partial charge in [-0.1, -0.05) is 26.2 Å². The van der Waals surface area contributed by atoms with Crippen molar-refractivity contribution in [1.82, 2.24) is 9.97 Å². The third-order valence-electron chi connectivity index (χ3n) is 3.18. The highest BCUT2D eigenvalue weighted by Gasteiger charge is 2.20. The first-order valence-corrected chi connectivity index (χ1v) is 6.80. The maximum absolute atomic E-state index is 11.7.